The molecule has 0 N–H and O–H groups in total. The van der Waals surface area contributed by atoms with Gasteiger partial charge in [-0.1, -0.05) is 42.8 Å². The molecule has 0 aromatic rings. The third-order valence-electron chi connectivity index (χ3n) is 1.59. The highest BCUT2D eigenvalue weighted by molar-refractivity contribution is 7.99. The van der Waals surface area contributed by atoms with E-state index >= 15 is 0 Å². The highest BCUT2D eigenvalue weighted by Gasteiger charge is 1.94. The van der Waals surface area contributed by atoms with Crippen LogP contribution in [0, 0.1) is 0 Å². The van der Waals surface area contributed by atoms with E-state index < -0.39 is 0 Å². The Morgan fingerprint density at radius 3 is 1.53 bits per heavy atom. The molecule has 0 aliphatic carbocycles. The van der Waals surface area contributed by atoms with Gasteiger partial charge in [0.15, 0.2) is 0 Å². The van der Waals surface area contributed by atoms with Crippen LogP contribution in [0.2, 0.25) is 0 Å². The molecule has 0 fully saturated rings. The van der Waals surface area contributed by atoms with Gasteiger partial charge in [-0.15, -0.1) is 0 Å². The quantitative estimate of drug-likeness (QED) is 0.510. The van der Waals surface area contributed by atoms with Gasteiger partial charge in [-0.2, -0.15) is 23.5 Å². The van der Waals surface area contributed by atoms with Crippen LogP contribution in [-0.4, -0.2) is 23.0 Å². The lowest BCUT2D eigenvalue weighted by molar-refractivity contribution is 0.786. The van der Waals surface area contributed by atoms with E-state index in [1.165, 1.54) is 30.8 Å². The molecule has 0 aromatic carbocycles. The van der Waals surface area contributed by atoms with E-state index in [9.17, 15) is 0 Å². The van der Waals surface area contributed by atoms with Crippen molar-refractivity contribution in [2.24, 2.45) is 0 Å². The monoisotopic (exact) mass is 284 g/mol. The summed E-state index contributed by atoms with van der Waals surface area (Å²) >= 11 is 15.0. The van der Waals surface area contributed by atoms with Gasteiger partial charge >= 0.3 is 0 Å². The molecule has 0 bridgehead atoms. The summed E-state index contributed by atoms with van der Waals surface area (Å²) in [7, 11) is 0. The maximum atomic E-state index is 5.65. The van der Waals surface area contributed by atoms with Crippen LogP contribution in [-0.2, 0) is 0 Å². The van der Waals surface area contributed by atoms with E-state index in [0.717, 1.165) is 21.6 Å². The summed E-state index contributed by atoms with van der Waals surface area (Å²) in [6.07, 6.45) is 3.80. The summed E-state index contributed by atoms with van der Waals surface area (Å²) < 4.78 is 0. The molecule has 0 atom stereocenters. The molecule has 0 radical (unpaired) electrons. The summed E-state index contributed by atoms with van der Waals surface area (Å²) in [6.45, 7) is 7.30. The van der Waals surface area contributed by atoms with Crippen LogP contribution in [0.25, 0.3) is 0 Å². The Kier molecular flexibility index (Phi) is 11.8. The van der Waals surface area contributed by atoms with Gasteiger partial charge in [0, 0.05) is 21.6 Å². The lowest BCUT2D eigenvalue weighted by Gasteiger charge is -2.01. The second-order valence-corrected chi connectivity index (χ2v) is 6.48. The van der Waals surface area contributed by atoms with Crippen LogP contribution in [0.4, 0.5) is 0 Å². The second-order valence-electron chi connectivity index (χ2n) is 3.20. The van der Waals surface area contributed by atoms with Gasteiger partial charge in [0.05, 0.1) is 0 Å². The normalized spacial score (nSPS) is 10.3. The molecule has 0 rings (SSSR count). The molecule has 0 saturated carbocycles. The highest BCUT2D eigenvalue weighted by atomic mass is 35.5. The third-order valence-corrected chi connectivity index (χ3v) is 4.44. The van der Waals surface area contributed by atoms with Gasteiger partial charge in [0.1, 0.15) is 0 Å². The number of halogens is 2. The fraction of sp³-hybridized carbons (Fsp3) is 0.636. The van der Waals surface area contributed by atoms with Crippen molar-refractivity contribution in [1.29, 1.82) is 0 Å². The predicted octanol–water partition coefficient (Wildman–Crippen LogP) is 5.13. The van der Waals surface area contributed by atoms with Crippen molar-refractivity contribution >= 4 is 46.7 Å². The maximum Gasteiger partial charge on any atom is 0.0286 e. The van der Waals surface area contributed by atoms with Gasteiger partial charge in [-0.25, -0.2) is 0 Å². The minimum atomic E-state index is 0.746. The van der Waals surface area contributed by atoms with E-state index in [1.807, 2.05) is 23.5 Å². The van der Waals surface area contributed by atoms with Crippen LogP contribution in [0.15, 0.2) is 23.2 Å². The van der Waals surface area contributed by atoms with Crippen LogP contribution in [0.3, 0.4) is 0 Å². The van der Waals surface area contributed by atoms with Crippen molar-refractivity contribution in [3.8, 4) is 0 Å². The van der Waals surface area contributed by atoms with Crippen molar-refractivity contribution in [2.75, 3.05) is 23.0 Å². The largest absolute Gasteiger partial charge is 0.156 e. The Morgan fingerprint density at radius 2 is 1.20 bits per heavy atom. The summed E-state index contributed by atoms with van der Waals surface area (Å²) in [6, 6.07) is 0. The smallest absolute Gasteiger partial charge is 0.0286 e. The van der Waals surface area contributed by atoms with Gasteiger partial charge < -0.3 is 0 Å². The van der Waals surface area contributed by atoms with Gasteiger partial charge in [-0.05, 0) is 24.3 Å². The molecule has 0 heterocycles. The Hall–Kier alpha value is 0.760. The van der Waals surface area contributed by atoms with E-state index in [2.05, 4.69) is 13.2 Å². The lowest BCUT2D eigenvalue weighted by Crippen LogP contribution is -1.87. The van der Waals surface area contributed by atoms with Crippen molar-refractivity contribution in [3.05, 3.63) is 23.2 Å². The molecule has 0 unspecified atom stereocenters. The molecule has 88 valence electrons. The molecule has 0 aliphatic heterocycles. The highest BCUT2D eigenvalue weighted by Crippen LogP contribution is 2.14. The average Bonchev–Trinajstić information content (AvgIpc) is 2.14. The Morgan fingerprint density at radius 1 is 0.800 bits per heavy atom. The fourth-order valence-corrected chi connectivity index (χ4v) is 2.96. The average molecular weight is 285 g/mol. The summed E-state index contributed by atoms with van der Waals surface area (Å²) in [5.41, 5.74) is 0. The van der Waals surface area contributed by atoms with Gasteiger partial charge in [-0.3, -0.25) is 0 Å². The Bertz CT molecular complexity index is 173. The molecule has 0 nitrogen and oxygen atoms in total. The Balaban J connectivity index is 2.99. The lowest BCUT2D eigenvalue weighted by atomic mass is 10.3. The van der Waals surface area contributed by atoms with Crippen molar-refractivity contribution < 1.29 is 0 Å². The number of hydrogen-bond acceptors (Lipinski definition) is 2. The Labute approximate surface area is 112 Å². The number of thioether (sulfide) groups is 2. The zero-order valence-electron chi connectivity index (χ0n) is 8.94. The first-order chi connectivity index (χ1) is 7.13. The number of rotatable bonds is 10. The zero-order valence-corrected chi connectivity index (χ0v) is 12.1. The first kappa shape index (κ1) is 15.8. The van der Waals surface area contributed by atoms with Crippen LogP contribution >= 0.6 is 46.7 Å². The van der Waals surface area contributed by atoms with Crippen molar-refractivity contribution in [3.63, 3.8) is 0 Å². The minimum Gasteiger partial charge on any atom is -0.156 e. The van der Waals surface area contributed by atoms with Crippen LogP contribution < -0.4 is 0 Å². The first-order valence-corrected chi connectivity index (χ1v) is 8.01. The molecule has 0 aromatic heterocycles. The molecular formula is C11H18Cl2S2. The minimum absolute atomic E-state index is 0.746. The van der Waals surface area contributed by atoms with Gasteiger partial charge in [0.25, 0.3) is 0 Å². The summed E-state index contributed by atoms with van der Waals surface area (Å²) in [5, 5.41) is 1.49. The topological polar surface area (TPSA) is 0 Å². The maximum absolute atomic E-state index is 5.65. The summed E-state index contributed by atoms with van der Waals surface area (Å²) in [4.78, 5) is 0. The molecule has 15 heavy (non-hydrogen) atoms. The SMILES string of the molecule is C=C(Cl)CSCCCCCSCC(=C)Cl. The van der Waals surface area contributed by atoms with E-state index in [4.69, 9.17) is 23.2 Å². The third kappa shape index (κ3) is 14.8. The van der Waals surface area contributed by atoms with Crippen LogP contribution in [0.5, 0.6) is 0 Å². The summed E-state index contributed by atoms with van der Waals surface area (Å²) in [5.74, 6) is 4.11. The first-order valence-electron chi connectivity index (χ1n) is 4.95. The van der Waals surface area contributed by atoms with Gasteiger partial charge in [0.2, 0.25) is 0 Å². The predicted molar refractivity (Wildman–Crippen MR) is 78.5 cm³/mol. The number of hydrogen-bond donors (Lipinski definition) is 0. The molecule has 4 heteroatoms. The number of unbranched alkanes of at least 4 members (excludes halogenated alkanes) is 2. The standard InChI is InChI=1S/C11H18Cl2S2/c1-10(12)8-14-6-4-3-5-7-15-9-11(2)13/h1-9H2. The zero-order chi connectivity index (χ0) is 11.5. The van der Waals surface area contributed by atoms with Crippen LogP contribution in [0.1, 0.15) is 19.3 Å². The molecule has 0 spiro atoms. The van der Waals surface area contributed by atoms with E-state index in [-0.39, 0.29) is 0 Å². The molecular weight excluding hydrogens is 267 g/mol. The molecule has 0 aliphatic rings. The van der Waals surface area contributed by atoms with Crippen molar-refractivity contribution in [1.82, 2.24) is 0 Å². The second kappa shape index (κ2) is 11.3. The molecule has 0 amide bonds. The fourth-order valence-electron chi connectivity index (χ4n) is 0.951. The van der Waals surface area contributed by atoms with Crippen molar-refractivity contribution in [2.45, 2.75) is 19.3 Å². The van der Waals surface area contributed by atoms with E-state index in [1.54, 1.807) is 0 Å². The van der Waals surface area contributed by atoms with E-state index in [0.29, 0.717) is 0 Å². The molecule has 0 saturated heterocycles.